The highest BCUT2D eigenvalue weighted by Crippen LogP contribution is 2.27. The molecule has 2 atom stereocenters. The molecule has 1 saturated heterocycles. The zero-order valence-corrected chi connectivity index (χ0v) is 11.6. The zero-order valence-electron chi connectivity index (χ0n) is 11.6. The van der Waals surface area contributed by atoms with Gasteiger partial charge in [-0.15, -0.1) is 0 Å². The Bertz CT molecular complexity index is 394. The average molecular weight is 248 g/mol. The van der Waals surface area contributed by atoms with Crippen molar-refractivity contribution in [1.82, 2.24) is 4.90 Å². The first-order chi connectivity index (χ1) is 8.63. The fourth-order valence-corrected chi connectivity index (χ4v) is 2.88. The molecule has 3 heteroatoms. The van der Waals surface area contributed by atoms with Gasteiger partial charge in [0.15, 0.2) is 0 Å². The minimum atomic E-state index is 0.189. The van der Waals surface area contributed by atoms with Crippen molar-refractivity contribution in [3.05, 3.63) is 29.8 Å². The van der Waals surface area contributed by atoms with Crippen molar-refractivity contribution in [3.8, 4) is 0 Å². The molecule has 1 aromatic rings. The molecule has 100 valence electrons. The molecule has 1 fully saturated rings. The smallest absolute Gasteiger partial charge is 0.0650 e. The average Bonchev–Trinajstić information content (AvgIpc) is 2.50. The normalized spacial score (nSPS) is 26.1. The van der Waals surface area contributed by atoms with Gasteiger partial charge in [-0.25, -0.2) is 0 Å². The quantitative estimate of drug-likeness (QED) is 0.866. The van der Waals surface area contributed by atoms with E-state index in [0.29, 0.717) is 6.04 Å². The highest BCUT2D eigenvalue weighted by atomic mass is 16.3. The topological polar surface area (TPSA) is 26.7 Å². The van der Waals surface area contributed by atoms with E-state index < -0.39 is 0 Å². The summed E-state index contributed by atoms with van der Waals surface area (Å²) in [5.41, 5.74) is 2.55. The lowest BCUT2D eigenvalue weighted by Gasteiger charge is -2.37. The van der Waals surface area contributed by atoms with Crippen molar-refractivity contribution in [1.29, 1.82) is 0 Å². The molecule has 0 aromatic heterocycles. The molecule has 1 N–H and O–H groups in total. The minimum absolute atomic E-state index is 0.189. The van der Waals surface area contributed by atoms with Crippen molar-refractivity contribution in [2.45, 2.75) is 32.4 Å². The molecule has 0 radical (unpaired) electrons. The number of hydrogen-bond donors (Lipinski definition) is 1. The SMILES string of the molecule is Cc1ccccc1N1C(C)CCN(C)CC1CO. The number of nitrogens with zero attached hydrogens (tertiary/aromatic N) is 2. The molecule has 0 saturated carbocycles. The van der Waals surface area contributed by atoms with E-state index >= 15 is 0 Å². The van der Waals surface area contributed by atoms with Gasteiger partial charge in [-0.1, -0.05) is 18.2 Å². The van der Waals surface area contributed by atoms with Gasteiger partial charge in [0.05, 0.1) is 12.6 Å². The van der Waals surface area contributed by atoms with Crippen molar-refractivity contribution in [2.24, 2.45) is 0 Å². The van der Waals surface area contributed by atoms with Crippen LogP contribution in [0, 0.1) is 6.92 Å². The number of likely N-dealkylation sites (N-methyl/N-ethyl adjacent to an activating group) is 1. The summed E-state index contributed by atoms with van der Waals surface area (Å²) < 4.78 is 0. The van der Waals surface area contributed by atoms with Crippen LogP contribution in [0.25, 0.3) is 0 Å². The number of rotatable bonds is 2. The Morgan fingerprint density at radius 2 is 2.06 bits per heavy atom. The van der Waals surface area contributed by atoms with Crippen LogP contribution in [0.1, 0.15) is 18.9 Å². The van der Waals surface area contributed by atoms with Crippen LogP contribution in [-0.4, -0.2) is 48.8 Å². The lowest BCUT2D eigenvalue weighted by molar-refractivity contribution is 0.228. The number of aliphatic hydroxyl groups excluding tert-OH is 1. The summed E-state index contributed by atoms with van der Waals surface area (Å²) in [6.07, 6.45) is 1.14. The number of para-hydroxylation sites is 1. The number of aliphatic hydroxyl groups is 1. The van der Waals surface area contributed by atoms with Crippen LogP contribution in [0.5, 0.6) is 0 Å². The summed E-state index contributed by atoms with van der Waals surface area (Å²) in [6.45, 7) is 6.64. The molecule has 0 spiro atoms. The van der Waals surface area contributed by atoms with Crippen LogP contribution in [0.4, 0.5) is 5.69 Å². The van der Waals surface area contributed by atoms with Crippen LogP contribution in [0.2, 0.25) is 0 Å². The largest absolute Gasteiger partial charge is 0.394 e. The van der Waals surface area contributed by atoms with Gasteiger partial charge < -0.3 is 14.9 Å². The fourth-order valence-electron chi connectivity index (χ4n) is 2.88. The Morgan fingerprint density at radius 1 is 1.33 bits per heavy atom. The highest BCUT2D eigenvalue weighted by molar-refractivity contribution is 5.55. The van der Waals surface area contributed by atoms with E-state index in [1.807, 2.05) is 0 Å². The molecule has 1 aliphatic heterocycles. The Labute approximate surface area is 110 Å². The summed E-state index contributed by atoms with van der Waals surface area (Å²) >= 11 is 0. The van der Waals surface area contributed by atoms with Gasteiger partial charge in [0, 0.05) is 18.3 Å². The molecule has 2 rings (SSSR count). The summed E-state index contributed by atoms with van der Waals surface area (Å²) in [4.78, 5) is 4.72. The first kappa shape index (κ1) is 13.4. The van der Waals surface area contributed by atoms with Crippen LogP contribution < -0.4 is 4.90 Å². The van der Waals surface area contributed by atoms with Crippen molar-refractivity contribution in [2.75, 3.05) is 31.6 Å². The molecule has 3 nitrogen and oxygen atoms in total. The molecule has 0 amide bonds. The Morgan fingerprint density at radius 3 is 2.72 bits per heavy atom. The van der Waals surface area contributed by atoms with Gasteiger partial charge in [0.2, 0.25) is 0 Å². The maximum Gasteiger partial charge on any atom is 0.0650 e. The van der Waals surface area contributed by atoms with Gasteiger partial charge >= 0.3 is 0 Å². The lowest BCUT2D eigenvalue weighted by atomic mass is 10.1. The second kappa shape index (κ2) is 5.72. The number of hydrogen-bond acceptors (Lipinski definition) is 3. The Kier molecular flexibility index (Phi) is 4.25. The minimum Gasteiger partial charge on any atom is -0.394 e. The standard InChI is InChI=1S/C15H24N2O/c1-12-6-4-5-7-15(12)17-13(2)8-9-16(3)10-14(17)11-18/h4-7,13-14,18H,8-11H2,1-3H3. The first-order valence-electron chi connectivity index (χ1n) is 6.77. The predicted octanol–water partition coefficient (Wildman–Crippen LogP) is 1.89. The van der Waals surface area contributed by atoms with Crippen LogP contribution >= 0.6 is 0 Å². The van der Waals surface area contributed by atoms with Gasteiger partial charge in [-0.05, 0) is 45.5 Å². The number of aryl methyl sites for hydroxylation is 1. The molecule has 1 heterocycles. The maximum absolute atomic E-state index is 9.71. The monoisotopic (exact) mass is 248 g/mol. The Hall–Kier alpha value is -1.06. The molecular formula is C15H24N2O. The maximum atomic E-state index is 9.71. The van der Waals surface area contributed by atoms with Crippen molar-refractivity contribution >= 4 is 5.69 Å². The lowest BCUT2D eigenvalue weighted by Crippen LogP contribution is -2.46. The van der Waals surface area contributed by atoms with Crippen LogP contribution in [0.3, 0.4) is 0 Å². The second-order valence-corrected chi connectivity index (χ2v) is 5.43. The third-order valence-corrected chi connectivity index (χ3v) is 3.92. The van der Waals surface area contributed by atoms with E-state index in [2.05, 4.69) is 55.0 Å². The molecule has 2 unspecified atom stereocenters. The highest BCUT2D eigenvalue weighted by Gasteiger charge is 2.28. The second-order valence-electron chi connectivity index (χ2n) is 5.43. The summed E-state index contributed by atoms with van der Waals surface area (Å²) in [6, 6.07) is 9.12. The van der Waals surface area contributed by atoms with E-state index in [1.165, 1.54) is 11.3 Å². The molecular weight excluding hydrogens is 224 g/mol. The first-order valence-corrected chi connectivity index (χ1v) is 6.77. The summed E-state index contributed by atoms with van der Waals surface area (Å²) in [7, 11) is 2.14. The molecule has 0 aliphatic carbocycles. The van der Waals surface area contributed by atoms with E-state index in [1.54, 1.807) is 0 Å². The van der Waals surface area contributed by atoms with E-state index in [4.69, 9.17) is 0 Å². The van der Waals surface area contributed by atoms with E-state index in [9.17, 15) is 5.11 Å². The van der Waals surface area contributed by atoms with Crippen LogP contribution in [-0.2, 0) is 0 Å². The van der Waals surface area contributed by atoms with Gasteiger partial charge in [0.1, 0.15) is 0 Å². The summed E-state index contributed by atoms with van der Waals surface area (Å²) in [5, 5.41) is 9.71. The molecule has 1 aliphatic rings. The molecule has 18 heavy (non-hydrogen) atoms. The van der Waals surface area contributed by atoms with E-state index in [-0.39, 0.29) is 12.6 Å². The van der Waals surface area contributed by atoms with E-state index in [0.717, 1.165) is 19.5 Å². The fraction of sp³-hybridized carbons (Fsp3) is 0.600. The summed E-state index contributed by atoms with van der Waals surface area (Å²) in [5.74, 6) is 0. The number of anilines is 1. The Balaban J connectivity index is 2.34. The van der Waals surface area contributed by atoms with Gasteiger partial charge in [-0.2, -0.15) is 0 Å². The number of benzene rings is 1. The van der Waals surface area contributed by atoms with Crippen molar-refractivity contribution < 1.29 is 5.11 Å². The predicted molar refractivity (Wildman–Crippen MR) is 76.1 cm³/mol. The zero-order chi connectivity index (χ0) is 13.1. The third kappa shape index (κ3) is 2.68. The van der Waals surface area contributed by atoms with Crippen LogP contribution in [0.15, 0.2) is 24.3 Å². The van der Waals surface area contributed by atoms with Gasteiger partial charge in [0.25, 0.3) is 0 Å². The van der Waals surface area contributed by atoms with Gasteiger partial charge in [-0.3, -0.25) is 0 Å². The van der Waals surface area contributed by atoms with Crippen molar-refractivity contribution in [3.63, 3.8) is 0 Å². The molecule has 0 bridgehead atoms. The molecule has 1 aromatic carbocycles. The third-order valence-electron chi connectivity index (χ3n) is 3.92.